The fourth-order valence-corrected chi connectivity index (χ4v) is 1.71. The van der Waals surface area contributed by atoms with Crippen LogP contribution in [0, 0.1) is 0 Å². The molecule has 0 radical (unpaired) electrons. The average molecular weight is 262 g/mol. The van der Waals surface area contributed by atoms with Crippen LogP contribution in [-0.4, -0.2) is 18.7 Å². The molecular weight excluding hydrogens is 245 g/mol. The molecule has 0 aliphatic carbocycles. The summed E-state index contributed by atoms with van der Waals surface area (Å²) in [6.07, 6.45) is 0. The van der Waals surface area contributed by atoms with Crippen molar-refractivity contribution in [2.45, 2.75) is 26.3 Å². The lowest BCUT2D eigenvalue weighted by atomic mass is 10.1. The molecule has 0 amide bonds. The molecule has 0 aromatic heterocycles. The van der Waals surface area contributed by atoms with Crippen molar-refractivity contribution >= 4 is 23.2 Å². The van der Waals surface area contributed by atoms with Gasteiger partial charge in [0.05, 0.1) is 0 Å². The molecule has 1 N–H and O–H groups in total. The van der Waals surface area contributed by atoms with E-state index >= 15 is 0 Å². The van der Waals surface area contributed by atoms with Gasteiger partial charge in [0.25, 0.3) is 0 Å². The summed E-state index contributed by atoms with van der Waals surface area (Å²) < 4.78 is 5.53. The third-order valence-corrected chi connectivity index (χ3v) is 2.30. The third kappa shape index (κ3) is 5.59. The first kappa shape index (κ1) is 13.6. The molecule has 2 nitrogen and oxygen atoms in total. The second kappa shape index (κ2) is 5.76. The minimum atomic E-state index is 0.106. The number of hydrogen-bond donors (Lipinski definition) is 1. The maximum absolute atomic E-state index is 5.86. The molecule has 0 spiro atoms. The Morgan fingerprint density at radius 3 is 2.19 bits per heavy atom. The Morgan fingerprint density at radius 1 is 1.12 bits per heavy atom. The minimum Gasteiger partial charge on any atom is -0.492 e. The number of halogens is 2. The van der Waals surface area contributed by atoms with Gasteiger partial charge in [-0.25, -0.2) is 0 Å². The molecule has 16 heavy (non-hydrogen) atoms. The second-order valence-corrected chi connectivity index (χ2v) is 5.50. The summed E-state index contributed by atoms with van der Waals surface area (Å²) in [7, 11) is 0. The Balaban J connectivity index is 2.37. The lowest BCUT2D eigenvalue weighted by Crippen LogP contribution is -2.38. The fourth-order valence-electron chi connectivity index (χ4n) is 1.21. The maximum Gasteiger partial charge on any atom is 0.122 e. The summed E-state index contributed by atoms with van der Waals surface area (Å²) in [5.74, 6) is 0.702. The first-order valence-electron chi connectivity index (χ1n) is 5.21. The van der Waals surface area contributed by atoms with Gasteiger partial charge in [0, 0.05) is 22.1 Å². The van der Waals surface area contributed by atoms with Crippen LogP contribution >= 0.6 is 23.2 Å². The monoisotopic (exact) mass is 261 g/mol. The Bertz CT molecular complexity index is 327. The summed E-state index contributed by atoms with van der Waals surface area (Å²) in [6.45, 7) is 7.72. The zero-order valence-corrected chi connectivity index (χ0v) is 11.3. The van der Waals surface area contributed by atoms with E-state index in [1.54, 1.807) is 18.2 Å². The summed E-state index contributed by atoms with van der Waals surface area (Å²) in [5.41, 5.74) is 0.106. The van der Waals surface area contributed by atoms with Gasteiger partial charge < -0.3 is 10.1 Å². The maximum atomic E-state index is 5.86. The number of ether oxygens (including phenoxy) is 1. The van der Waals surface area contributed by atoms with Crippen LogP contribution in [0.2, 0.25) is 10.0 Å². The Kier molecular flexibility index (Phi) is 4.90. The van der Waals surface area contributed by atoms with Gasteiger partial charge in [0.15, 0.2) is 0 Å². The number of benzene rings is 1. The fraction of sp³-hybridized carbons (Fsp3) is 0.500. The molecule has 0 unspecified atom stereocenters. The molecular formula is C12H17Cl2NO. The molecule has 0 saturated heterocycles. The van der Waals surface area contributed by atoms with Crippen LogP contribution in [0.25, 0.3) is 0 Å². The van der Waals surface area contributed by atoms with Gasteiger partial charge in [-0.05, 0) is 39.0 Å². The van der Waals surface area contributed by atoms with Crippen molar-refractivity contribution in [3.63, 3.8) is 0 Å². The lowest BCUT2D eigenvalue weighted by Gasteiger charge is -2.20. The predicted molar refractivity (Wildman–Crippen MR) is 69.7 cm³/mol. The molecule has 0 aliphatic heterocycles. The quantitative estimate of drug-likeness (QED) is 0.834. The van der Waals surface area contributed by atoms with Crippen molar-refractivity contribution in [2.24, 2.45) is 0 Å². The van der Waals surface area contributed by atoms with Crippen LogP contribution in [0.5, 0.6) is 5.75 Å². The molecule has 0 heterocycles. The molecule has 90 valence electrons. The molecule has 0 aliphatic rings. The van der Waals surface area contributed by atoms with E-state index in [4.69, 9.17) is 27.9 Å². The zero-order chi connectivity index (χ0) is 12.2. The molecule has 1 aromatic rings. The zero-order valence-electron chi connectivity index (χ0n) is 9.81. The van der Waals surface area contributed by atoms with E-state index in [9.17, 15) is 0 Å². The molecule has 1 rings (SSSR count). The molecule has 0 fully saturated rings. The smallest absolute Gasteiger partial charge is 0.122 e. The van der Waals surface area contributed by atoms with Crippen LogP contribution < -0.4 is 10.1 Å². The number of nitrogens with one attached hydrogen (secondary N) is 1. The van der Waals surface area contributed by atoms with Crippen LogP contribution in [-0.2, 0) is 0 Å². The van der Waals surface area contributed by atoms with Crippen molar-refractivity contribution in [1.29, 1.82) is 0 Å². The highest BCUT2D eigenvalue weighted by atomic mass is 35.5. The Hall–Kier alpha value is -0.440. The highest BCUT2D eigenvalue weighted by Crippen LogP contribution is 2.23. The van der Waals surface area contributed by atoms with E-state index in [2.05, 4.69) is 26.1 Å². The van der Waals surface area contributed by atoms with Crippen molar-refractivity contribution in [2.75, 3.05) is 13.2 Å². The van der Waals surface area contributed by atoms with Crippen molar-refractivity contribution < 1.29 is 4.74 Å². The predicted octanol–water partition coefficient (Wildman–Crippen LogP) is 3.76. The highest BCUT2D eigenvalue weighted by molar-refractivity contribution is 6.34. The van der Waals surface area contributed by atoms with E-state index in [1.807, 2.05) is 0 Å². The summed E-state index contributed by atoms with van der Waals surface area (Å²) in [4.78, 5) is 0. The van der Waals surface area contributed by atoms with Gasteiger partial charge in [-0.15, -0.1) is 0 Å². The van der Waals surface area contributed by atoms with Gasteiger partial charge in [-0.1, -0.05) is 23.2 Å². The van der Waals surface area contributed by atoms with Crippen LogP contribution in [0.4, 0.5) is 0 Å². The van der Waals surface area contributed by atoms with E-state index in [0.717, 1.165) is 6.54 Å². The largest absolute Gasteiger partial charge is 0.492 e. The molecule has 4 heteroatoms. The summed E-state index contributed by atoms with van der Waals surface area (Å²) in [6, 6.07) is 5.19. The van der Waals surface area contributed by atoms with Crippen LogP contribution in [0.1, 0.15) is 20.8 Å². The number of rotatable bonds is 4. The van der Waals surface area contributed by atoms with Crippen molar-refractivity contribution in [3.8, 4) is 5.75 Å². The standard InChI is InChI=1S/C12H17Cl2NO/c1-12(2,3)15-4-5-16-11-7-9(13)6-10(14)8-11/h6-8,15H,4-5H2,1-3H3. The summed E-state index contributed by atoms with van der Waals surface area (Å²) in [5, 5.41) is 4.51. The van der Waals surface area contributed by atoms with Crippen LogP contribution in [0.3, 0.4) is 0 Å². The van der Waals surface area contributed by atoms with Gasteiger partial charge in [0.2, 0.25) is 0 Å². The molecule has 1 aromatic carbocycles. The van der Waals surface area contributed by atoms with Gasteiger partial charge >= 0.3 is 0 Å². The highest BCUT2D eigenvalue weighted by Gasteiger charge is 2.07. The van der Waals surface area contributed by atoms with Gasteiger partial charge in [0.1, 0.15) is 12.4 Å². The first-order valence-corrected chi connectivity index (χ1v) is 5.96. The van der Waals surface area contributed by atoms with E-state index in [0.29, 0.717) is 22.4 Å². The van der Waals surface area contributed by atoms with Gasteiger partial charge in [-0.3, -0.25) is 0 Å². The summed E-state index contributed by atoms with van der Waals surface area (Å²) >= 11 is 11.7. The molecule has 0 saturated carbocycles. The third-order valence-electron chi connectivity index (χ3n) is 1.86. The minimum absolute atomic E-state index is 0.106. The SMILES string of the molecule is CC(C)(C)NCCOc1cc(Cl)cc(Cl)c1. The van der Waals surface area contributed by atoms with E-state index < -0.39 is 0 Å². The average Bonchev–Trinajstić information content (AvgIpc) is 2.09. The molecule has 0 bridgehead atoms. The van der Waals surface area contributed by atoms with Crippen molar-refractivity contribution in [3.05, 3.63) is 28.2 Å². The first-order chi connectivity index (χ1) is 7.37. The normalized spacial score (nSPS) is 11.6. The van der Waals surface area contributed by atoms with Gasteiger partial charge in [-0.2, -0.15) is 0 Å². The molecule has 0 atom stereocenters. The van der Waals surface area contributed by atoms with E-state index in [1.165, 1.54) is 0 Å². The van der Waals surface area contributed by atoms with Crippen LogP contribution in [0.15, 0.2) is 18.2 Å². The Labute approximate surface area is 107 Å². The van der Waals surface area contributed by atoms with E-state index in [-0.39, 0.29) is 5.54 Å². The van der Waals surface area contributed by atoms with Crippen molar-refractivity contribution in [1.82, 2.24) is 5.32 Å². The number of hydrogen-bond acceptors (Lipinski definition) is 2. The topological polar surface area (TPSA) is 21.3 Å². The lowest BCUT2D eigenvalue weighted by molar-refractivity contribution is 0.291. The Morgan fingerprint density at radius 2 is 1.69 bits per heavy atom. The second-order valence-electron chi connectivity index (χ2n) is 4.63.